The standard InChI is InChI=1S/C9H18N2/c1-4-5-11-7-8(2)10-6-9(11)3/h4,8-10H,1,5-7H2,2-3H3/t8-,9-/m0/s1. The van der Waals surface area contributed by atoms with Crippen LogP contribution in [0.15, 0.2) is 12.7 Å². The normalized spacial score (nSPS) is 33.6. The van der Waals surface area contributed by atoms with Crippen molar-refractivity contribution in [1.29, 1.82) is 0 Å². The van der Waals surface area contributed by atoms with Crippen LogP contribution < -0.4 is 5.32 Å². The van der Waals surface area contributed by atoms with Gasteiger partial charge >= 0.3 is 0 Å². The molecule has 0 unspecified atom stereocenters. The molecule has 1 fully saturated rings. The van der Waals surface area contributed by atoms with Crippen LogP contribution in [0.1, 0.15) is 13.8 Å². The first-order valence-electron chi connectivity index (χ1n) is 4.32. The molecule has 1 rings (SSSR count). The Hall–Kier alpha value is -0.340. The number of rotatable bonds is 2. The lowest BCUT2D eigenvalue weighted by Gasteiger charge is -2.36. The van der Waals surface area contributed by atoms with Crippen LogP contribution in [0.25, 0.3) is 0 Å². The maximum atomic E-state index is 3.75. The van der Waals surface area contributed by atoms with E-state index in [4.69, 9.17) is 0 Å². The number of piperazine rings is 1. The number of nitrogens with one attached hydrogen (secondary N) is 1. The summed E-state index contributed by atoms with van der Waals surface area (Å²) in [6.07, 6.45) is 1.98. The fourth-order valence-electron chi connectivity index (χ4n) is 1.52. The first-order chi connectivity index (χ1) is 5.24. The zero-order valence-corrected chi connectivity index (χ0v) is 7.51. The van der Waals surface area contributed by atoms with Gasteiger partial charge in [0.25, 0.3) is 0 Å². The molecule has 0 radical (unpaired) electrons. The van der Waals surface area contributed by atoms with Crippen molar-refractivity contribution in [3.63, 3.8) is 0 Å². The van der Waals surface area contributed by atoms with Gasteiger partial charge in [-0.05, 0) is 13.8 Å². The molecule has 1 N–H and O–H groups in total. The Morgan fingerprint density at radius 2 is 2.36 bits per heavy atom. The van der Waals surface area contributed by atoms with Crippen molar-refractivity contribution in [2.75, 3.05) is 19.6 Å². The molecule has 64 valence electrons. The average Bonchev–Trinajstić information content (AvgIpc) is 1.98. The van der Waals surface area contributed by atoms with Gasteiger partial charge in [-0.25, -0.2) is 0 Å². The van der Waals surface area contributed by atoms with Crippen molar-refractivity contribution in [3.8, 4) is 0 Å². The summed E-state index contributed by atoms with van der Waals surface area (Å²) in [5, 5.41) is 3.44. The van der Waals surface area contributed by atoms with Crippen molar-refractivity contribution >= 4 is 0 Å². The third-order valence-electron chi connectivity index (χ3n) is 2.26. The predicted molar refractivity (Wildman–Crippen MR) is 48.7 cm³/mol. The van der Waals surface area contributed by atoms with Gasteiger partial charge in [-0.15, -0.1) is 6.58 Å². The van der Waals surface area contributed by atoms with E-state index in [1.54, 1.807) is 0 Å². The fraction of sp³-hybridized carbons (Fsp3) is 0.778. The Bertz CT molecular complexity index is 134. The van der Waals surface area contributed by atoms with E-state index >= 15 is 0 Å². The molecule has 1 heterocycles. The van der Waals surface area contributed by atoms with Crippen LogP contribution in [0.2, 0.25) is 0 Å². The van der Waals surface area contributed by atoms with E-state index in [1.807, 2.05) is 6.08 Å². The summed E-state index contributed by atoms with van der Waals surface area (Å²) in [5.41, 5.74) is 0. The maximum Gasteiger partial charge on any atom is 0.0196 e. The highest BCUT2D eigenvalue weighted by molar-refractivity contribution is 4.85. The minimum atomic E-state index is 0.631. The van der Waals surface area contributed by atoms with E-state index < -0.39 is 0 Å². The minimum Gasteiger partial charge on any atom is -0.311 e. The van der Waals surface area contributed by atoms with E-state index in [9.17, 15) is 0 Å². The third-order valence-corrected chi connectivity index (χ3v) is 2.26. The van der Waals surface area contributed by atoms with E-state index in [-0.39, 0.29) is 0 Å². The van der Waals surface area contributed by atoms with Gasteiger partial charge in [-0.2, -0.15) is 0 Å². The molecule has 11 heavy (non-hydrogen) atoms. The van der Waals surface area contributed by atoms with Gasteiger partial charge in [0, 0.05) is 31.7 Å². The minimum absolute atomic E-state index is 0.631. The summed E-state index contributed by atoms with van der Waals surface area (Å²) in [7, 11) is 0. The SMILES string of the molecule is C=CCN1C[C@H](C)NC[C@@H]1C. The van der Waals surface area contributed by atoms with Gasteiger partial charge in [-0.3, -0.25) is 4.90 Å². The number of hydrogen-bond acceptors (Lipinski definition) is 2. The van der Waals surface area contributed by atoms with Gasteiger partial charge in [0.1, 0.15) is 0 Å². The molecule has 0 amide bonds. The molecule has 0 aromatic carbocycles. The summed E-state index contributed by atoms with van der Waals surface area (Å²) in [6, 6.07) is 1.29. The zero-order chi connectivity index (χ0) is 8.27. The Morgan fingerprint density at radius 3 is 3.00 bits per heavy atom. The van der Waals surface area contributed by atoms with Crippen molar-refractivity contribution in [3.05, 3.63) is 12.7 Å². The average molecular weight is 154 g/mol. The second-order valence-corrected chi connectivity index (χ2v) is 3.40. The molecule has 0 aromatic heterocycles. The third kappa shape index (κ3) is 2.31. The molecular formula is C9H18N2. The molecule has 0 spiro atoms. The fourth-order valence-corrected chi connectivity index (χ4v) is 1.52. The van der Waals surface area contributed by atoms with Crippen LogP contribution in [0.4, 0.5) is 0 Å². The van der Waals surface area contributed by atoms with Gasteiger partial charge < -0.3 is 5.32 Å². The first-order valence-corrected chi connectivity index (χ1v) is 4.32. The summed E-state index contributed by atoms with van der Waals surface area (Å²) in [6.45, 7) is 11.5. The van der Waals surface area contributed by atoms with Crippen molar-refractivity contribution in [2.45, 2.75) is 25.9 Å². The summed E-state index contributed by atoms with van der Waals surface area (Å²) in [4.78, 5) is 2.45. The van der Waals surface area contributed by atoms with Crippen LogP contribution in [0.3, 0.4) is 0 Å². The van der Waals surface area contributed by atoms with E-state index in [2.05, 4.69) is 30.6 Å². The lowest BCUT2D eigenvalue weighted by atomic mass is 10.1. The smallest absolute Gasteiger partial charge is 0.0196 e. The summed E-state index contributed by atoms with van der Waals surface area (Å²) >= 11 is 0. The second kappa shape index (κ2) is 3.88. The Balaban J connectivity index is 2.40. The topological polar surface area (TPSA) is 15.3 Å². The molecule has 2 heteroatoms. The van der Waals surface area contributed by atoms with E-state index in [1.165, 1.54) is 0 Å². The Morgan fingerprint density at radius 1 is 1.64 bits per heavy atom. The number of hydrogen-bond donors (Lipinski definition) is 1. The van der Waals surface area contributed by atoms with Crippen LogP contribution in [0, 0.1) is 0 Å². The molecule has 1 aliphatic heterocycles. The molecule has 1 saturated heterocycles. The lowest BCUT2D eigenvalue weighted by molar-refractivity contribution is 0.163. The maximum absolute atomic E-state index is 3.75. The predicted octanol–water partition coefficient (Wildman–Crippen LogP) is 0.855. The quantitative estimate of drug-likeness (QED) is 0.593. The molecule has 0 aromatic rings. The zero-order valence-electron chi connectivity index (χ0n) is 7.51. The van der Waals surface area contributed by atoms with Gasteiger partial charge in [0.05, 0.1) is 0 Å². The second-order valence-electron chi connectivity index (χ2n) is 3.40. The molecular weight excluding hydrogens is 136 g/mol. The summed E-state index contributed by atoms with van der Waals surface area (Å²) in [5.74, 6) is 0. The van der Waals surface area contributed by atoms with Gasteiger partial charge in [0.2, 0.25) is 0 Å². The van der Waals surface area contributed by atoms with Crippen molar-refractivity contribution in [1.82, 2.24) is 10.2 Å². The Labute approximate surface area is 69.3 Å². The Kier molecular flexibility index (Phi) is 3.09. The van der Waals surface area contributed by atoms with Crippen molar-refractivity contribution in [2.24, 2.45) is 0 Å². The molecule has 0 aliphatic carbocycles. The highest BCUT2D eigenvalue weighted by Gasteiger charge is 2.20. The van der Waals surface area contributed by atoms with Crippen LogP contribution in [-0.2, 0) is 0 Å². The largest absolute Gasteiger partial charge is 0.311 e. The first kappa shape index (κ1) is 8.75. The highest BCUT2D eigenvalue weighted by atomic mass is 15.2. The number of nitrogens with zero attached hydrogens (tertiary/aromatic N) is 1. The van der Waals surface area contributed by atoms with Crippen molar-refractivity contribution < 1.29 is 0 Å². The monoisotopic (exact) mass is 154 g/mol. The molecule has 2 nitrogen and oxygen atoms in total. The van der Waals surface area contributed by atoms with E-state index in [0.29, 0.717) is 12.1 Å². The lowest BCUT2D eigenvalue weighted by Crippen LogP contribution is -2.54. The van der Waals surface area contributed by atoms with Crippen LogP contribution in [-0.4, -0.2) is 36.6 Å². The molecule has 1 aliphatic rings. The van der Waals surface area contributed by atoms with E-state index in [0.717, 1.165) is 19.6 Å². The highest BCUT2D eigenvalue weighted by Crippen LogP contribution is 2.05. The summed E-state index contributed by atoms with van der Waals surface area (Å²) < 4.78 is 0. The molecule has 2 atom stereocenters. The molecule has 0 bridgehead atoms. The van der Waals surface area contributed by atoms with Crippen LogP contribution in [0.5, 0.6) is 0 Å². The van der Waals surface area contributed by atoms with Gasteiger partial charge in [0.15, 0.2) is 0 Å². The van der Waals surface area contributed by atoms with Crippen LogP contribution >= 0.6 is 0 Å². The molecule has 0 saturated carbocycles. The van der Waals surface area contributed by atoms with Gasteiger partial charge in [-0.1, -0.05) is 6.08 Å².